The molecule has 0 fully saturated rings. The van der Waals surface area contributed by atoms with Gasteiger partial charge in [-0.15, -0.1) is 0 Å². The van der Waals surface area contributed by atoms with Crippen LogP contribution in [-0.2, 0) is 18.3 Å². The van der Waals surface area contributed by atoms with Crippen LogP contribution < -0.4 is 5.32 Å². The van der Waals surface area contributed by atoms with Crippen LogP contribution in [0, 0.1) is 0 Å². The van der Waals surface area contributed by atoms with Crippen LogP contribution in [-0.4, -0.2) is 16.8 Å². The van der Waals surface area contributed by atoms with E-state index in [1.54, 1.807) is 0 Å². The van der Waals surface area contributed by atoms with E-state index in [0.717, 1.165) is 31.5 Å². The van der Waals surface area contributed by atoms with Crippen LogP contribution in [0.15, 0.2) is 91.1 Å². The molecule has 2 nitrogen and oxygen atoms in total. The Morgan fingerprint density at radius 3 is 2.47 bits per heavy atom. The van der Waals surface area contributed by atoms with Gasteiger partial charge < -0.3 is 5.32 Å². The molecule has 2 aliphatic rings. The number of hydrogen-bond donors (Lipinski definition) is 1. The molecule has 0 aromatic heterocycles. The van der Waals surface area contributed by atoms with Gasteiger partial charge >= 0.3 is 0 Å². The van der Waals surface area contributed by atoms with Gasteiger partial charge in [-0.1, -0.05) is 66.7 Å². The minimum Gasteiger partial charge on any atom is -0.361 e. The number of para-hydroxylation sites is 1. The second kappa shape index (κ2) is 8.63. The first-order chi connectivity index (χ1) is 15.7. The second-order valence-electron chi connectivity index (χ2n) is 8.94. The molecule has 1 atom stereocenters. The molecule has 0 radical (unpaired) electrons. The molecule has 1 unspecified atom stereocenters. The van der Waals surface area contributed by atoms with Crippen LogP contribution in [0.5, 0.6) is 0 Å². The molecule has 2 heteroatoms. The van der Waals surface area contributed by atoms with E-state index in [-0.39, 0.29) is 5.41 Å². The lowest BCUT2D eigenvalue weighted by atomic mass is 9.71. The lowest BCUT2D eigenvalue weighted by Gasteiger charge is -2.26. The summed E-state index contributed by atoms with van der Waals surface area (Å²) in [6.45, 7) is 5.64. The fourth-order valence-electron chi connectivity index (χ4n) is 5.41. The molecule has 3 aromatic carbocycles. The first-order valence-corrected chi connectivity index (χ1v) is 11.7. The summed E-state index contributed by atoms with van der Waals surface area (Å²) in [5.41, 5.74) is 9.49. The topological polar surface area (TPSA) is 15.0 Å². The van der Waals surface area contributed by atoms with Crippen molar-refractivity contribution < 1.29 is 4.58 Å². The van der Waals surface area contributed by atoms with Gasteiger partial charge in [0.25, 0.3) is 0 Å². The zero-order valence-electron chi connectivity index (χ0n) is 19.0. The summed E-state index contributed by atoms with van der Waals surface area (Å²) in [7, 11) is 0. The molecule has 32 heavy (non-hydrogen) atoms. The van der Waals surface area contributed by atoms with Crippen molar-refractivity contribution in [3.63, 3.8) is 0 Å². The van der Waals surface area contributed by atoms with E-state index >= 15 is 0 Å². The SMILES string of the molecule is CC[N+]1=C(C=CNc2ccccc2)C(C)(Cc2ccccc2)c2c1ccc1c2C=CCC1. The van der Waals surface area contributed by atoms with Gasteiger partial charge in [-0.05, 0) is 61.9 Å². The maximum absolute atomic E-state index is 3.46. The Morgan fingerprint density at radius 2 is 1.72 bits per heavy atom. The third-order valence-electron chi connectivity index (χ3n) is 6.86. The number of nitrogens with one attached hydrogen (secondary N) is 1. The fourth-order valence-corrected chi connectivity index (χ4v) is 5.41. The van der Waals surface area contributed by atoms with E-state index in [1.807, 2.05) is 6.07 Å². The number of nitrogens with zero attached hydrogens (tertiary/aromatic N) is 1. The van der Waals surface area contributed by atoms with E-state index in [2.05, 4.69) is 115 Å². The van der Waals surface area contributed by atoms with E-state index in [4.69, 9.17) is 0 Å². The minimum absolute atomic E-state index is 0.103. The van der Waals surface area contributed by atoms with E-state index < -0.39 is 0 Å². The lowest BCUT2D eigenvalue weighted by molar-refractivity contribution is -0.433. The van der Waals surface area contributed by atoms with E-state index in [1.165, 1.54) is 33.7 Å². The van der Waals surface area contributed by atoms with Crippen LogP contribution in [0.4, 0.5) is 11.4 Å². The fraction of sp³-hybridized carbons (Fsp3) is 0.233. The van der Waals surface area contributed by atoms with Crippen molar-refractivity contribution in [2.75, 3.05) is 11.9 Å². The Balaban J connectivity index is 1.63. The molecule has 1 N–H and O–H groups in total. The van der Waals surface area contributed by atoms with E-state index in [9.17, 15) is 0 Å². The van der Waals surface area contributed by atoms with Gasteiger partial charge in [0.05, 0.1) is 5.41 Å². The molecule has 3 aromatic rings. The summed E-state index contributed by atoms with van der Waals surface area (Å²) < 4.78 is 2.50. The predicted molar refractivity (Wildman–Crippen MR) is 136 cm³/mol. The molecule has 160 valence electrons. The summed E-state index contributed by atoms with van der Waals surface area (Å²) in [6.07, 6.45) is 12.3. The molecule has 1 aliphatic heterocycles. The molecule has 0 amide bonds. The third-order valence-corrected chi connectivity index (χ3v) is 6.86. The number of aryl methyl sites for hydroxylation is 1. The Morgan fingerprint density at radius 1 is 0.969 bits per heavy atom. The van der Waals surface area contributed by atoms with Crippen molar-refractivity contribution in [1.29, 1.82) is 0 Å². The van der Waals surface area contributed by atoms with Crippen LogP contribution in [0.25, 0.3) is 6.08 Å². The Bertz CT molecular complexity index is 1200. The van der Waals surface area contributed by atoms with Gasteiger partial charge in [0.2, 0.25) is 5.69 Å². The van der Waals surface area contributed by atoms with E-state index in [0.29, 0.717) is 0 Å². The smallest absolute Gasteiger partial charge is 0.210 e. The molecule has 1 aliphatic carbocycles. The summed E-state index contributed by atoms with van der Waals surface area (Å²) in [4.78, 5) is 0. The van der Waals surface area contributed by atoms with Gasteiger partial charge in [0.15, 0.2) is 5.71 Å². The second-order valence-corrected chi connectivity index (χ2v) is 8.94. The van der Waals surface area contributed by atoms with Crippen LogP contribution >= 0.6 is 0 Å². The van der Waals surface area contributed by atoms with Gasteiger partial charge in [-0.25, -0.2) is 0 Å². The number of benzene rings is 3. The maximum atomic E-state index is 3.46. The number of hydrogen-bond acceptors (Lipinski definition) is 1. The third kappa shape index (κ3) is 3.60. The number of allylic oxidation sites excluding steroid dienone is 2. The molecule has 0 bridgehead atoms. The zero-order chi connectivity index (χ0) is 22.0. The Hall–Kier alpha value is -3.39. The number of rotatable bonds is 6. The highest BCUT2D eigenvalue weighted by atomic mass is 15.1. The maximum Gasteiger partial charge on any atom is 0.210 e. The molecule has 1 heterocycles. The molecule has 0 spiro atoms. The van der Waals surface area contributed by atoms with Gasteiger partial charge in [0, 0.05) is 29.6 Å². The monoisotopic (exact) mass is 419 g/mol. The lowest BCUT2D eigenvalue weighted by Crippen LogP contribution is -2.34. The highest BCUT2D eigenvalue weighted by Gasteiger charge is 2.49. The van der Waals surface area contributed by atoms with Crippen LogP contribution in [0.1, 0.15) is 42.5 Å². The van der Waals surface area contributed by atoms with Gasteiger partial charge in [0.1, 0.15) is 6.54 Å². The molecule has 5 rings (SSSR count). The largest absolute Gasteiger partial charge is 0.361 e. The Kier molecular flexibility index (Phi) is 5.53. The number of anilines is 1. The Labute approximate surface area is 191 Å². The molecule has 0 saturated heterocycles. The van der Waals surface area contributed by atoms with Crippen molar-refractivity contribution in [1.82, 2.24) is 0 Å². The molecular weight excluding hydrogens is 388 g/mol. The van der Waals surface area contributed by atoms with Crippen LogP contribution in [0.3, 0.4) is 0 Å². The first kappa shape index (κ1) is 20.5. The van der Waals surface area contributed by atoms with Crippen molar-refractivity contribution in [3.8, 4) is 0 Å². The van der Waals surface area contributed by atoms with Crippen LogP contribution in [0.2, 0.25) is 0 Å². The van der Waals surface area contributed by atoms with Gasteiger partial charge in [-0.3, -0.25) is 0 Å². The van der Waals surface area contributed by atoms with Gasteiger partial charge in [-0.2, -0.15) is 4.58 Å². The highest BCUT2D eigenvalue weighted by Crippen LogP contribution is 2.46. The number of fused-ring (bicyclic) bond motifs is 3. The molecule has 0 saturated carbocycles. The minimum atomic E-state index is -0.103. The highest BCUT2D eigenvalue weighted by molar-refractivity contribution is 6.05. The average molecular weight is 420 g/mol. The first-order valence-electron chi connectivity index (χ1n) is 11.7. The van der Waals surface area contributed by atoms with Crippen molar-refractivity contribution >= 4 is 23.2 Å². The normalized spacial score (nSPS) is 19.3. The van der Waals surface area contributed by atoms with Crippen molar-refractivity contribution in [3.05, 3.63) is 113 Å². The summed E-state index contributed by atoms with van der Waals surface area (Å²) in [6, 6.07) is 26.0. The van der Waals surface area contributed by atoms with Crippen molar-refractivity contribution in [2.45, 2.75) is 38.5 Å². The summed E-state index contributed by atoms with van der Waals surface area (Å²) in [5.74, 6) is 0. The quantitative estimate of drug-likeness (QED) is 0.430. The summed E-state index contributed by atoms with van der Waals surface area (Å²) in [5, 5.41) is 3.46. The summed E-state index contributed by atoms with van der Waals surface area (Å²) >= 11 is 0. The average Bonchev–Trinajstić information content (AvgIpc) is 3.08. The standard InChI is InChI=1S/C30H30N2/c1-3-32-27-19-18-24-14-10-11-17-26(24)29(27)30(2,22-23-12-6-4-7-13-23)28(32)20-21-31-25-15-8-5-9-16-25/h4-9,11-13,15-21H,3,10,14,22H2,1-2H3/p+1. The molecular formula is C30H31N2+. The van der Waals surface area contributed by atoms with Crippen molar-refractivity contribution in [2.24, 2.45) is 0 Å². The zero-order valence-corrected chi connectivity index (χ0v) is 19.0. The predicted octanol–water partition coefficient (Wildman–Crippen LogP) is 6.89.